The average molecular weight is 296 g/mol. The second-order valence-corrected chi connectivity index (χ2v) is 4.14. The van der Waals surface area contributed by atoms with Crippen LogP contribution in [-0.2, 0) is 0 Å². The van der Waals surface area contributed by atoms with Crippen molar-refractivity contribution in [2.75, 3.05) is 0 Å². The summed E-state index contributed by atoms with van der Waals surface area (Å²) >= 11 is 3.17. The second kappa shape index (κ2) is 4.46. The molecule has 1 N–H and O–H groups in total. The van der Waals surface area contributed by atoms with Crippen molar-refractivity contribution in [3.05, 3.63) is 55.3 Å². The molecule has 0 atom stereocenters. The van der Waals surface area contributed by atoms with Crippen molar-refractivity contribution >= 4 is 21.6 Å². The summed E-state index contributed by atoms with van der Waals surface area (Å²) in [5.74, 6) is 0. The van der Waals surface area contributed by atoms with Crippen molar-refractivity contribution < 1.29 is 4.92 Å². The van der Waals surface area contributed by atoms with E-state index in [0.29, 0.717) is 15.7 Å². The summed E-state index contributed by atoms with van der Waals surface area (Å²) < 4.78 is 0.609. The van der Waals surface area contributed by atoms with Crippen molar-refractivity contribution in [3.63, 3.8) is 0 Å². The highest BCUT2D eigenvalue weighted by Gasteiger charge is 2.16. The third-order valence-corrected chi connectivity index (χ3v) is 2.60. The minimum Gasteiger partial charge on any atom is -0.268 e. The maximum atomic E-state index is 10.9. The molecule has 0 aliphatic rings. The predicted molar refractivity (Wildman–Crippen MR) is 64.6 cm³/mol. The highest BCUT2D eigenvalue weighted by molar-refractivity contribution is 9.10. The molecule has 1 heterocycles. The maximum absolute atomic E-state index is 10.9. The molecule has 0 radical (unpaired) electrons. The van der Waals surface area contributed by atoms with E-state index in [1.165, 1.54) is 18.2 Å². The Morgan fingerprint density at radius 1 is 1.29 bits per heavy atom. The van der Waals surface area contributed by atoms with Crippen LogP contribution in [0.4, 0.5) is 5.69 Å². The summed E-state index contributed by atoms with van der Waals surface area (Å²) in [4.78, 5) is 21.3. The van der Waals surface area contributed by atoms with Gasteiger partial charge in [0.25, 0.3) is 11.2 Å². The highest BCUT2D eigenvalue weighted by atomic mass is 79.9. The Morgan fingerprint density at radius 2 is 2.06 bits per heavy atom. The lowest BCUT2D eigenvalue weighted by molar-refractivity contribution is -0.384. The number of benzene rings is 1. The van der Waals surface area contributed by atoms with Crippen LogP contribution in [0.15, 0.2) is 39.6 Å². The Bertz CT molecular complexity index is 618. The van der Waals surface area contributed by atoms with Gasteiger partial charge < -0.3 is 0 Å². The van der Waals surface area contributed by atoms with Gasteiger partial charge in [-0.05, 0) is 18.2 Å². The van der Waals surface area contributed by atoms with Crippen LogP contribution in [0, 0.1) is 10.1 Å². The van der Waals surface area contributed by atoms with Crippen LogP contribution < -0.4 is 5.56 Å². The van der Waals surface area contributed by atoms with Crippen molar-refractivity contribution in [2.45, 2.75) is 0 Å². The third-order valence-electron chi connectivity index (χ3n) is 2.11. The van der Waals surface area contributed by atoms with Crippen LogP contribution in [0.2, 0.25) is 0 Å². The van der Waals surface area contributed by atoms with Gasteiger partial charge >= 0.3 is 0 Å². The Balaban J connectivity index is 2.62. The molecule has 0 spiro atoms. The van der Waals surface area contributed by atoms with Gasteiger partial charge in [0.1, 0.15) is 0 Å². The number of nitrogens with zero attached hydrogens (tertiary/aromatic N) is 2. The SMILES string of the molecule is O=c1ccc(-c2ccc(Br)cc2[N+](=O)[O-])n[nH]1. The standard InChI is InChI=1S/C10H6BrN3O3/c11-6-1-2-7(9(5-6)14(16)17)8-3-4-10(15)13-12-8/h1-5H,(H,13,15). The van der Waals surface area contributed by atoms with E-state index in [-0.39, 0.29) is 11.2 Å². The number of nitro benzene ring substituents is 1. The molecule has 2 aromatic rings. The first-order chi connectivity index (χ1) is 8.08. The van der Waals surface area contributed by atoms with Crippen LogP contribution >= 0.6 is 15.9 Å². The molecule has 7 heteroatoms. The maximum Gasteiger partial charge on any atom is 0.279 e. The molecular weight excluding hydrogens is 290 g/mol. The van der Waals surface area contributed by atoms with E-state index in [1.807, 2.05) is 0 Å². The van der Waals surface area contributed by atoms with Crippen LogP contribution in [0.25, 0.3) is 11.3 Å². The molecular formula is C10H6BrN3O3. The number of H-pyrrole nitrogens is 1. The van der Waals surface area contributed by atoms with Crippen molar-refractivity contribution in [3.8, 4) is 11.3 Å². The number of aromatic amines is 1. The molecule has 1 aromatic carbocycles. The number of hydrogen-bond acceptors (Lipinski definition) is 4. The van der Waals surface area contributed by atoms with E-state index < -0.39 is 4.92 Å². The molecule has 0 aliphatic carbocycles. The number of hydrogen-bond donors (Lipinski definition) is 1. The summed E-state index contributed by atoms with van der Waals surface area (Å²) in [6.45, 7) is 0. The molecule has 0 saturated heterocycles. The van der Waals surface area contributed by atoms with Gasteiger partial charge in [0.05, 0.1) is 16.2 Å². The summed E-state index contributed by atoms with van der Waals surface area (Å²) in [6, 6.07) is 7.35. The Kier molecular flexibility index (Phi) is 3.01. The lowest BCUT2D eigenvalue weighted by Gasteiger charge is -2.01. The van der Waals surface area contributed by atoms with Gasteiger partial charge in [-0.2, -0.15) is 5.10 Å². The van der Waals surface area contributed by atoms with Gasteiger partial charge in [0.15, 0.2) is 0 Å². The molecule has 17 heavy (non-hydrogen) atoms. The molecule has 0 unspecified atom stereocenters. The molecule has 0 bridgehead atoms. The molecule has 0 saturated carbocycles. The quantitative estimate of drug-likeness (QED) is 0.679. The van der Waals surface area contributed by atoms with Crippen LogP contribution in [0.1, 0.15) is 0 Å². The third kappa shape index (κ3) is 2.39. The zero-order chi connectivity index (χ0) is 12.4. The van der Waals surface area contributed by atoms with E-state index in [2.05, 4.69) is 26.1 Å². The lowest BCUT2D eigenvalue weighted by atomic mass is 10.1. The molecule has 0 amide bonds. The summed E-state index contributed by atoms with van der Waals surface area (Å²) in [6.07, 6.45) is 0. The van der Waals surface area contributed by atoms with Crippen molar-refractivity contribution in [1.82, 2.24) is 10.2 Å². The molecule has 0 fully saturated rings. The number of rotatable bonds is 2. The van der Waals surface area contributed by atoms with Gasteiger partial charge in [0.2, 0.25) is 0 Å². The van der Waals surface area contributed by atoms with Gasteiger partial charge in [-0.1, -0.05) is 15.9 Å². The van der Waals surface area contributed by atoms with E-state index in [1.54, 1.807) is 12.1 Å². The van der Waals surface area contributed by atoms with E-state index in [0.717, 1.165) is 0 Å². The predicted octanol–water partition coefficient (Wildman–Crippen LogP) is 2.11. The summed E-state index contributed by atoms with van der Waals surface area (Å²) in [5.41, 5.74) is 0.283. The monoisotopic (exact) mass is 295 g/mol. The smallest absolute Gasteiger partial charge is 0.268 e. The average Bonchev–Trinajstić information content (AvgIpc) is 2.30. The molecule has 0 aliphatic heterocycles. The van der Waals surface area contributed by atoms with E-state index in [4.69, 9.17) is 0 Å². The van der Waals surface area contributed by atoms with Gasteiger partial charge in [-0.25, -0.2) is 5.10 Å². The lowest BCUT2D eigenvalue weighted by Crippen LogP contribution is -2.06. The minimum absolute atomic E-state index is 0.0704. The van der Waals surface area contributed by atoms with E-state index >= 15 is 0 Å². The van der Waals surface area contributed by atoms with Gasteiger partial charge in [0, 0.05) is 16.6 Å². The first kappa shape index (κ1) is 11.5. The first-order valence-electron chi connectivity index (χ1n) is 4.58. The zero-order valence-corrected chi connectivity index (χ0v) is 9.97. The van der Waals surface area contributed by atoms with E-state index in [9.17, 15) is 14.9 Å². The fourth-order valence-electron chi connectivity index (χ4n) is 1.37. The van der Waals surface area contributed by atoms with Gasteiger partial charge in [-0.3, -0.25) is 14.9 Å². The Morgan fingerprint density at radius 3 is 2.65 bits per heavy atom. The normalized spacial score (nSPS) is 10.2. The minimum atomic E-state index is -0.493. The number of aromatic nitrogens is 2. The number of halogens is 1. The number of nitrogens with one attached hydrogen (secondary N) is 1. The Hall–Kier alpha value is -2.02. The number of nitro groups is 1. The zero-order valence-electron chi connectivity index (χ0n) is 8.38. The van der Waals surface area contributed by atoms with Crippen LogP contribution in [0.3, 0.4) is 0 Å². The van der Waals surface area contributed by atoms with Gasteiger partial charge in [-0.15, -0.1) is 0 Å². The molecule has 86 valence electrons. The fourth-order valence-corrected chi connectivity index (χ4v) is 1.72. The topological polar surface area (TPSA) is 88.9 Å². The van der Waals surface area contributed by atoms with Crippen molar-refractivity contribution in [2.24, 2.45) is 0 Å². The Labute approximate surface area is 104 Å². The summed E-state index contributed by atoms with van der Waals surface area (Å²) in [7, 11) is 0. The molecule has 6 nitrogen and oxygen atoms in total. The second-order valence-electron chi connectivity index (χ2n) is 3.23. The largest absolute Gasteiger partial charge is 0.279 e. The highest BCUT2D eigenvalue weighted by Crippen LogP contribution is 2.30. The molecule has 2 rings (SSSR count). The van der Waals surface area contributed by atoms with Crippen LogP contribution in [0.5, 0.6) is 0 Å². The van der Waals surface area contributed by atoms with Crippen molar-refractivity contribution in [1.29, 1.82) is 0 Å². The summed E-state index contributed by atoms with van der Waals surface area (Å²) in [5, 5.41) is 16.9. The first-order valence-corrected chi connectivity index (χ1v) is 5.37. The van der Waals surface area contributed by atoms with Crippen LogP contribution in [-0.4, -0.2) is 15.1 Å². The molecule has 1 aromatic heterocycles. The fraction of sp³-hybridized carbons (Fsp3) is 0.